The summed E-state index contributed by atoms with van der Waals surface area (Å²) in [6, 6.07) is 3.08. The molecule has 10 heteroatoms. The monoisotopic (exact) mass is 430 g/mol. The summed E-state index contributed by atoms with van der Waals surface area (Å²) in [5, 5.41) is 0. The molecule has 2 aliphatic rings. The van der Waals surface area contributed by atoms with Crippen LogP contribution in [0.4, 0.5) is 8.78 Å². The van der Waals surface area contributed by atoms with Crippen LogP contribution in [0.1, 0.15) is 30.1 Å². The number of amides is 1. The second-order valence-electron chi connectivity index (χ2n) is 7.61. The summed E-state index contributed by atoms with van der Waals surface area (Å²) in [6.07, 6.45) is 1.41. The van der Waals surface area contributed by atoms with Gasteiger partial charge in [-0.15, -0.1) is 0 Å². The van der Waals surface area contributed by atoms with Crippen LogP contribution in [-0.2, 0) is 10.2 Å². The molecule has 0 unspecified atom stereocenters. The maximum Gasteiger partial charge on any atom is 0.304 e. The number of halogens is 2. The first-order chi connectivity index (χ1) is 13.8. The summed E-state index contributed by atoms with van der Waals surface area (Å²) in [7, 11) is -4.10. The molecule has 162 valence electrons. The molecule has 1 aromatic carbocycles. The van der Waals surface area contributed by atoms with Gasteiger partial charge in [-0.2, -0.15) is 12.7 Å². The van der Waals surface area contributed by atoms with Gasteiger partial charge < -0.3 is 9.80 Å². The van der Waals surface area contributed by atoms with Crippen molar-refractivity contribution in [2.75, 3.05) is 52.4 Å². The van der Waals surface area contributed by atoms with E-state index in [1.165, 1.54) is 4.31 Å². The van der Waals surface area contributed by atoms with E-state index in [1.54, 1.807) is 0 Å². The first-order valence-electron chi connectivity index (χ1n) is 10.0. The van der Waals surface area contributed by atoms with Crippen molar-refractivity contribution in [1.29, 1.82) is 0 Å². The Morgan fingerprint density at radius 2 is 1.69 bits per heavy atom. The lowest BCUT2D eigenvalue weighted by Crippen LogP contribution is -2.50. The van der Waals surface area contributed by atoms with Crippen molar-refractivity contribution in [1.82, 2.24) is 18.8 Å². The van der Waals surface area contributed by atoms with Crippen LogP contribution in [0.3, 0.4) is 0 Å². The van der Waals surface area contributed by atoms with E-state index in [-0.39, 0.29) is 0 Å². The summed E-state index contributed by atoms with van der Waals surface area (Å²) in [5.41, 5.74) is -0.630. The van der Waals surface area contributed by atoms with Crippen LogP contribution < -0.4 is 4.72 Å². The number of nitrogens with zero attached hydrogens (tertiary/aromatic N) is 3. The first kappa shape index (κ1) is 22.1. The van der Waals surface area contributed by atoms with Crippen LogP contribution in [0.15, 0.2) is 18.2 Å². The van der Waals surface area contributed by atoms with Gasteiger partial charge >= 0.3 is 10.2 Å². The third-order valence-corrected chi connectivity index (χ3v) is 7.25. The molecule has 0 bridgehead atoms. The summed E-state index contributed by atoms with van der Waals surface area (Å²) >= 11 is 0. The Morgan fingerprint density at radius 3 is 2.31 bits per heavy atom. The molecule has 29 heavy (non-hydrogen) atoms. The topological polar surface area (TPSA) is 73.0 Å². The van der Waals surface area contributed by atoms with E-state index < -0.39 is 33.3 Å². The van der Waals surface area contributed by atoms with E-state index in [4.69, 9.17) is 0 Å². The minimum Gasteiger partial charge on any atom is -0.301 e. The van der Waals surface area contributed by atoms with E-state index in [1.807, 2.05) is 4.72 Å². The molecule has 2 aliphatic heterocycles. The maximum atomic E-state index is 13.7. The fourth-order valence-corrected chi connectivity index (χ4v) is 5.07. The molecule has 0 saturated carbocycles. The lowest BCUT2D eigenvalue weighted by Gasteiger charge is -2.38. The first-order valence-corrected chi connectivity index (χ1v) is 11.4. The zero-order valence-corrected chi connectivity index (χ0v) is 17.4. The largest absolute Gasteiger partial charge is 0.304 e. The van der Waals surface area contributed by atoms with Crippen molar-refractivity contribution in [2.24, 2.45) is 5.92 Å². The average molecular weight is 431 g/mol. The second-order valence-corrected chi connectivity index (χ2v) is 9.29. The Labute approximate surface area is 170 Å². The summed E-state index contributed by atoms with van der Waals surface area (Å²) < 4.78 is 55.1. The van der Waals surface area contributed by atoms with Gasteiger partial charge in [0.15, 0.2) is 11.6 Å². The molecule has 1 aromatic rings. The maximum absolute atomic E-state index is 13.7. The van der Waals surface area contributed by atoms with E-state index in [2.05, 4.69) is 16.7 Å². The van der Waals surface area contributed by atoms with Crippen LogP contribution in [0, 0.1) is 17.6 Å². The lowest BCUT2D eigenvalue weighted by atomic mass is 9.97. The second kappa shape index (κ2) is 9.46. The molecule has 3 rings (SSSR count). The fourth-order valence-electron chi connectivity index (χ4n) is 3.90. The van der Waals surface area contributed by atoms with Gasteiger partial charge in [-0.3, -0.25) is 4.79 Å². The number of carbonyl (C=O) groups is 1. The normalized spacial score (nSPS) is 20.7. The third-order valence-electron chi connectivity index (χ3n) is 5.76. The Hall–Kier alpha value is -1.62. The zero-order chi connectivity index (χ0) is 21.0. The highest BCUT2D eigenvalue weighted by Crippen LogP contribution is 2.21. The van der Waals surface area contributed by atoms with E-state index in [0.29, 0.717) is 31.8 Å². The molecule has 0 aromatic heterocycles. The van der Waals surface area contributed by atoms with Crippen molar-refractivity contribution in [3.63, 3.8) is 0 Å². The number of carbonyl (C=O) groups excluding carboxylic acids is 1. The third kappa shape index (κ3) is 5.50. The zero-order valence-electron chi connectivity index (χ0n) is 16.6. The number of nitrogens with one attached hydrogen (secondary N) is 1. The van der Waals surface area contributed by atoms with Gasteiger partial charge in [0, 0.05) is 45.8 Å². The molecule has 0 spiro atoms. The van der Waals surface area contributed by atoms with E-state index in [9.17, 15) is 22.0 Å². The van der Waals surface area contributed by atoms with Gasteiger partial charge in [0.2, 0.25) is 0 Å². The highest BCUT2D eigenvalue weighted by atomic mass is 32.2. The lowest BCUT2D eigenvalue weighted by molar-refractivity contribution is 0.0970. The Bertz CT molecular complexity index is 821. The molecule has 2 fully saturated rings. The highest BCUT2D eigenvalue weighted by molar-refractivity contribution is 7.87. The average Bonchev–Trinajstić information content (AvgIpc) is 2.70. The molecule has 1 amide bonds. The van der Waals surface area contributed by atoms with Crippen molar-refractivity contribution >= 4 is 16.1 Å². The highest BCUT2D eigenvalue weighted by Gasteiger charge is 2.31. The Kier molecular flexibility index (Phi) is 7.20. The minimum absolute atomic E-state index is 0.299. The molecular formula is C19H28F2N4O3S. The number of hydrogen-bond acceptors (Lipinski definition) is 5. The number of benzene rings is 1. The summed E-state index contributed by atoms with van der Waals surface area (Å²) in [4.78, 5) is 17.0. The smallest absolute Gasteiger partial charge is 0.301 e. The number of hydrogen-bond donors (Lipinski definition) is 1. The van der Waals surface area contributed by atoms with Gasteiger partial charge in [-0.25, -0.2) is 13.5 Å². The van der Waals surface area contributed by atoms with Gasteiger partial charge in [0.1, 0.15) is 0 Å². The van der Waals surface area contributed by atoms with Gasteiger partial charge in [0.25, 0.3) is 5.91 Å². The SMILES string of the molecule is CCN1CCN(CC2CCN(S(=O)(=O)NC(=O)c3cccc(F)c3F)CC2)CC1. The molecule has 1 N–H and O–H groups in total. The Morgan fingerprint density at radius 1 is 1.07 bits per heavy atom. The van der Waals surface area contributed by atoms with Crippen molar-refractivity contribution in [2.45, 2.75) is 19.8 Å². The fraction of sp³-hybridized carbons (Fsp3) is 0.632. The molecule has 7 nitrogen and oxygen atoms in total. The molecular weight excluding hydrogens is 402 g/mol. The van der Waals surface area contributed by atoms with Crippen molar-refractivity contribution in [3.8, 4) is 0 Å². The van der Waals surface area contributed by atoms with Crippen LogP contribution in [0.2, 0.25) is 0 Å². The number of likely N-dealkylation sites (N-methyl/N-ethyl adjacent to an activating group) is 1. The molecule has 0 aliphatic carbocycles. The standard InChI is InChI=1S/C19H28F2N4O3S/c1-2-23-10-12-24(13-11-23)14-15-6-8-25(9-7-15)29(27,28)22-19(26)16-4-3-5-17(20)18(16)21/h3-5,15H,2,6-14H2,1H3,(H,22,26). The van der Waals surface area contributed by atoms with Crippen LogP contribution in [0.25, 0.3) is 0 Å². The van der Waals surface area contributed by atoms with Crippen LogP contribution >= 0.6 is 0 Å². The molecule has 2 heterocycles. The quantitative estimate of drug-likeness (QED) is 0.736. The number of piperidine rings is 1. The molecule has 2 saturated heterocycles. The van der Waals surface area contributed by atoms with Gasteiger partial charge in [-0.05, 0) is 37.4 Å². The predicted octanol–water partition coefficient (Wildman–Crippen LogP) is 1.29. The minimum atomic E-state index is -4.10. The molecule has 0 atom stereocenters. The van der Waals surface area contributed by atoms with Crippen molar-refractivity contribution < 1.29 is 22.0 Å². The van der Waals surface area contributed by atoms with E-state index >= 15 is 0 Å². The summed E-state index contributed by atoms with van der Waals surface area (Å²) in [5.74, 6) is -3.32. The molecule has 0 radical (unpaired) electrons. The Balaban J connectivity index is 1.50. The van der Waals surface area contributed by atoms with Gasteiger partial charge in [-0.1, -0.05) is 13.0 Å². The van der Waals surface area contributed by atoms with Crippen molar-refractivity contribution in [3.05, 3.63) is 35.4 Å². The van der Waals surface area contributed by atoms with E-state index in [0.717, 1.165) is 57.5 Å². The van der Waals surface area contributed by atoms with Crippen LogP contribution in [-0.4, -0.2) is 80.8 Å². The van der Waals surface area contributed by atoms with Gasteiger partial charge in [0.05, 0.1) is 5.56 Å². The van der Waals surface area contributed by atoms with Crippen LogP contribution in [0.5, 0.6) is 0 Å². The number of piperazine rings is 1. The predicted molar refractivity (Wildman–Crippen MR) is 106 cm³/mol. The summed E-state index contributed by atoms with van der Waals surface area (Å²) in [6.45, 7) is 8.96. The number of rotatable bonds is 6.